The van der Waals surface area contributed by atoms with E-state index in [-0.39, 0.29) is 16.5 Å². The molecule has 6 nitrogen and oxygen atoms in total. The first-order chi connectivity index (χ1) is 8.88. The maximum atomic E-state index is 12.0. The molecule has 0 saturated heterocycles. The van der Waals surface area contributed by atoms with Gasteiger partial charge in [0.05, 0.1) is 27.8 Å². The van der Waals surface area contributed by atoms with Crippen molar-refractivity contribution in [1.82, 2.24) is 9.88 Å². The monoisotopic (exact) mass is 301 g/mol. The Labute approximate surface area is 115 Å². The Balaban J connectivity index is 2.16. The zero-order valence-electron chi connectivity index (χ0n) is 10.1. The molecule has 0 bridgehead atoms. The molecule has 2 aromatic rings. The minimum absolute atomic E-state index is 0.0190. The summed E-state index contributed by atoms with van der Waals surface area (Å²) in [5.74, 6) is 0.433. The lowest BCUT2D eigenvalue weighted by Crippen LogP contribution is -2.23. The van der Waals surface area contributed by atoms with E-state index in [1.807, 2.05) is 0 Å². The predicted octanol–water partition coefficient (Wildman–Crippen LogP) is 1.70. The van der Waals surface area contributed by atoms with E-state index in [0.29, 0.717) is 17.1 Å². The van der Waals surface area contributed by atoms with Crippen LogP contribution in [0.25, 0.3) is 0 Å². The van der Waals surface area contributed by atoms with E-state index in [1.165, 1.54) is 18.2 Å². The van der Waals surface area contributed by atoms with Gasteiger partial charge in [-0.1, -0.05) is 16.8 Å². The summed E-state index contributed by atoms with van der Waals surface area (Å²) in [4.78, 5) is 0.0444. The second-order valence-corrected chi connectivity index (χ2v) is 6.12. The van der Waals surface area contributed by atoms with Crippen LogP contribution in [-0.4, -0.2) is 13.6 Å². The third kappa shape index (κ3) is 3.25. The number of nitrogens with one attached hydrogen (secondary N) is 1. The van der Waals surface area contributed by atoms with Crippen LogP contribution in [0.5, 0.6) is 0 Å². The molecule has 0 amide bonds. The molecule has 1 aromatic carbocycles. The lowest BCUT2D eigenvalue weighted by molar-refractivity contribution is 0.377. The Morgan fingerprint density at radius 1 is 1.42 bits per heavy atom. The number of rotatable bonds is 4. The summed E-state index contributed by atoms with van der Waals surface area (Å²) in [5, 5.41) is 3.86. The highest BCUT2D eigenvalue weighted by molar-refractivity contribution is 7.89. The number of sulfonamides is 1. The van der Waals surface area contributed by atoms with Crippen LogP contribution >= 0.6 is 11.6 Å². The van der Waals surface area contributed by atoms with Crippen molar-refractivity contribution in [2.75, 3.05) is 5.73 Å². The summed E-state index contributed by atoms with van der Waals surface area (Å²) in [6, 6.07) is 5.77. The number of nitrogens with two attached hydrogens (primary N) is 1. The standard InChI is InChI=1S/C11H12ClN3O3S/c1-7-4-8(18-15-7)6-14-19(16,17)9-2-3-11(13)10(12)5-9/h2-5,14H,6,13H2,1H3. The van der Waals surface area contributed by atoms with Crippen molar-refractivity contribution >= 4 is 27.3 Å². The molecule has 3 N–H and O–H groups in total. The van der Waals surface area contributed by atoms with Crippen LogP contribution in [0.2, 0.25) is 5.02 Å². The quantitative estimate of drug-likeness (QED) is 0.837. The summed E-state index contributed by atoms with van der Waals surface area (Å²) in [5.41, 5.74) is 6.54. The summed E-state index contributed by atoms with van der Waals surface area (Å²) in [7, 11) is -3.67. The molecule has 0 aliphatic rings. The number of benzene rings is 1. The minimum Gasteiger partial charge on any atom is -0.398 e. The average Bonchev–Trinajstić information content (AvgIpc) is 2.76. The lowest BCUT2D eigenvalue weighted by atomic mass is 10.3. The summed E-state index contributed by atoms with van der Waals surface area (Å²) in [6.07, 6.45) is 0. The van der Waals surface area contributed by atoms with Crippen molar-refractivity contribution < 1.29 is 12.9 Å². The number of hydrogen-bond acceptors (Lipinski definition) is 5. The van der Waals surface area contributed by atoms with E-state index in [1.54, 1.807) is 13.0 Å². The third-order valence-corrected chi connectivity index (χ3v) is 4.12. The molecule has 0 fully saturated rings. The van der Waals surface area contributed by atoms with Gasteiger partial charge < -0.3 is 10.3 Å². The van der Waals surface area contributed by atoms with Gasteiger partial charge in [-0.15, -0.1) is 0 Å². The van der Waals surface area contributed by atoms with Gasteiger partial charge in [-0.05, 0) is 25.1 Å². The van der Waals surface area contributed by atoms with Gasteiger partial charge in [-0.25, -0.2) is 13.1 Å². The molecule has 0 unspecified atom stereocenters. The normalized spacial score (nSPS) is 11.7. The number of halogens is 1. The van der Waals surface area contributed by atoms with Gasteiger partial charge in [0.25, 0.3) is 0 Å². The number of nitrogen functional groups attached to an aromatic ring is 1. The molecule has 19 heavy (non-hydrogen) atoms. The molecule has 0 atom stereocenters. The molecule has 1 heterocycles. The maximum Gasteiger partial charge on any atom is 0.241 e. The Hall–Kier alpha value is -1.57. The Morgan fingerprint density at radius 3 is 2.74 bits per heavy atom. The van der Waals surface area contributed by atoms with Crippen molar-refractivity contribution in [1.29, 1.82) is 0 Å². The first-order valence-electron chi connectivity index (χ1n) is 5.35. The first kappa shape index (κ1) is 13.9. The fourth-order valence-electron chi connectivity index (χ4n) is 1.42. The molecular weight excluding hydrogens is 290 g/mol. The second kappa shape index (κ2) is 5.20. The van der Waals surface area contributed by atoms with Crippen LogP contribution in [0, 0.1) is 6.92 Å². The lowest BCUT2D eigenvalue weighted by Gasteiger charge is -2.06. The molecule has 0 aliphatic heterocycles. The number of anilines is 1. The Bertz CT molecular complexity index is 697. The topological polar surface area (TPSA) is 98.2 Å². The smallest absolute Gasteiger partial charge is 0.241 e. The maximum absolute atomic E-state index is 12.0. The highest BCUT2D eigenvalue weighted by Gasteiger charge is 2.16. The number of nitrogens with zero attached hydrogens (tertiary/aromatic N) is 1. The molecule has 0 saturated carbocycles. The molecule has 2 rings (SSSR count). The van der Waals surface area contributed by atoms with Gasteiger partial charge in [-0.2, -0.15) is 0 Å². The van der Waals surface area contributed by atoms with Gasteiger partial charge in [0, 0.05) is 6.07 Å². The Kier molecular flexibility index (Phi) is 3.79. The van der Waals surface area contributed by atoms with E-state index in [0.717, 1.165) is 0 Å². The van der Waals surface area contributed by atoms with Crippen LogP contribution in [0.1, 0.15) is 11.5 Å². The van der Waals surface area contributed by atoms with Gasteiger partial charge >= 0.3 is 0 Å². The largest absolute Gasteiger partial charge is 0.398 e. The second-order valence-electron chi connectivity index (χ2n) is 3.94. The van der Waals surface area contributed by atoms with Crippen molar-refractivity contribution in [3.8, 4) is 0 Å². The van der Waals surface area contributed by atoms with Gasteiger partial charge in [-0.3, -0.25) is 0 Å². The molecular formula is C11H12ClN3O3S. The average molecular weight is 302 g/mol. The fraction of sp³-hybridized carbons (Fsp3) is 0.182. The van der Waals surface area contributed by atoms with E-state index in [9.17, 15) is 8.42 Å². The van der Waals surface area contributed by atoms with Crippen molar-refractivity contribution in [3.63, 3.8) is 0 Å². The summed E-state index contributed by atoms with van der Waals surface area (Å²) >= 11 is 5.79. The van der Waals surface area contributed by atoms with Crippen LogP contribution in [0.15, 0.2) is 33.7 Å². The molecule has 8 heteroatoms. The van der Waals surface area contributed by atoms with Crippen LogP contribution < -0.4 is 10.5 Å². The highest BCUT2D eigenvalue weighted by atomic mass is 35.5. The van der Waals surface area contributed by atoms with Crippen LogP contribution in [0.4, 0.5) is 5.69 Å². The molecule has 0 spiro atoms. The van der Waals surface area contributed by atoms with Gasteiger partial charge in [0.2, 0.25) is 10.0 Å². The molecule has 1 aromatic heterocycles. The first-order valence-corrected chi connectivity index (χ1v) is 7.21. The molecule has 0 aliphatic carbocycles. The fourth-order valence-corrected chi connectivity index (χ4v) is 2.69. The van der Waals surface area contributed by atoms with Gasteiger partial charge in [0.1, 0.15) is 0 Å². The Morgan fingerprint density at radius 2 is 2.16 bits per heavy atom. The van der Waals surface area contributed by atoms with Gasteiger partial charge in [0.15, 0.2) is 5.76 Å². The summed E-state index contributed by atoms with van der Waals surface area (Å²) < 4.78 is 31.3. The SMILES string of the molecule is Cc1cc(CNS(=O)(=O)c2ccc(N)c(Cl)c2)on1. The zero-order chi connectivity index (χ0) is 14.0. The molecule has 102 valence electrons. The van der Waals surface area contributed by atoms with E-state index >= 15 is 0 Å². The van der Waals surface area contributed by atoms with E-state index in [4.69, 9.17) is 21.9 Å². The van der Waals surface area contributed by atoms with Crippen molar-refractivity contribution in [2.24, 2.45) is 0 Å². The predicted molar refractivity (Wildman–Crippen MR) is 71.1 cm³/mol. The summed E-state index contributed by atoms with van der Waals surface area (Å²) in [6.45, 7) is 1.77. The van der Waals surface area contributed by atoms with Crippen molar-refractivity contribution in [2.45, 2.75) is 18.4 Å². The van der Waals surface area contributed by atoms with Crippen molar-refractivity contribution in [3.05, 3.63) is 40.7 Å². The number of aromatic nitrogens is 1. The van der Waals surface area contributed by atoms with E-state index < -0.39 is 10.0 Å². The minimum atomic E-state index is -3.67. The number of hydrogen-bond donors (Lipinski definition) is 2. The third-order valence-electron chi connectivity index (χ3n) is 2.40. The molecule has 0 radical (unpaired) electrons. The number of aryl methyl sites for hydroxylation is 1. The van der Waals surface area contributed by atoms with Crippen LogP contribution in [-0.2, 0) is 16.6 Å². The van der Waals surface area contributed by atoms with E-state index in [2.05, 4.69) is 9.88 Å². The zero-order valence-corrected chi connectivity index (χ0v) is 11.6. The highest BCUT2D eigenvalue weighted by Crippen LogP contribution is 2.22. The van der Waals surface area contributed by atoms with Crippen LogP contribution in [0.3, 0.4) is 0 Å².